The van der Waals surface area contributed by atoms with E-state index < -0.39 is 18.6 Å². The average molecular weight is 330 g/mol. The smallest absolute Gasteiger partial charge is 0.352 e. The molecule has 1 amide bonds. The Bertz CT molecular complexity index is 541. The quantitative estimate of drug-likeness (QED) is 0.638. The van der Waals surface area contributed by atoms with E-state index in [1.165, 1.54) is 7.05 Å². The molecule has 0 aromatic heterocycles. The molecule has 0 aliphatic carbocycles. The number of nitrogens with one attached hydrogen (secondary N) is 2. The van der Waals surface area contributed by atoms with Crippen molar-refractivity contribution in [1.82, 2.24) is 15.5 Å². The van der Waals surface area contributed by atoms with Gasteiger partial charge in [-0.15, -0.1) is 0 Å². The third kappa shape index (κ3) is 7.53. The molecule has 0 spiro atoms. The summed E-state index contributed by atoms with van der Waals surface area (Å²) in [6.07, 6.45) is -4.41. The summed E-state index contributed by atoms with van der Waals surface area (Å²) in [5.41, 5.74) is 2.17. The predicted molar refractivity (Wildman–Crippen MR) is 83.1 cm³/mol. The molecule has 5 nitrogen and oxygen atoms in total. The Labute approximate surface area is 133 Å². The van der Waals surface area contributed by atoms with Gasteiger partial charge in [-0.1, -0.05) is 29.8 Å². The number of amides is 1. The normalized spacial score (nSPS) is 12.0. The van der Waals surface area contributed by atoms with Gasteiger partial charge in [-0.2, -0.15) is 13.2 Å². The molecule has 1 aromatic rings. The Kier molecular flexibility index (Phi) is 6.87. The van der Waals surface area contributed by atoms with Crippen molar-refractivity contribution >= 4 is 11.9 Å². The molecule has 0 radical (unpaired) electrons. The minimum atomic E-state index is -4.41. The number of aliphatic imine (C=N–C) groups is 1. The maximum Gasteiger partial charge on any atom is 0.406 e. The van der Waals surface area contributed by atoms with Crippen LogP contribution >= 0.6 is 0 Å². The van der Waals surface area contributed by atoms with Crippen LogP contribution in [0.3, 0.4) is 0 Å². The summed E-state index contributed by atoms with van der Waals surface area (Å²) in [6.45, 7) is 0.941. The molecule has 0 unspecified atom stereocenters. The maximum atomic E-state index is 12.2. The highest BCUT2D eigenvalue weighted by molar-refractivity contribution is 5.86. The van der Waals surface area contributed by atoms with E-state index in [4.69, 9.17) is 0 Å². The molecule has 1 rings (SSSR count). The van der Waals surface area contributed by atoms with Gasteiger partial charge in [0.2, 0.25) is 5.91 Å². The fourth-order valence-electron chi connectivity index (χ4n) is 1.76. The molecule has 0 saturated heterocycles. The van der Waals surface area contributed by atoms with E-state index in [1.807, 2.05) is 31.2 Å². The summed E-state index contributed by atoms with van der Waals surface area (Å²) in [7, 11) is 2.63. The van der Waals surface area contributed by atoms with Crippen LogP contribution in [-0.2, 0) is 11.3 Å². The first-order valence-electron chi connectivity index (χ1n) is 7.02. The van der Waals surface area contributed by atoms with Crippen molar-refractivity contribution in [3.63, 3.8) is 0 Å². The highest BCUT2D eigenvalue weighted by atomic mass is 19.4. The van der Waals surface area contributed by atoms with Gasteiger partial charge in [0.15, 0.2) is 5.96 Å². The Hall–Kier alpha value is -2.25. The van der Waals surface area contributed by atoms with Crippen molar-refractivity contribution in [2.45, 2.75) is 19.6 Å². The number of hydrogen-bond acceptors (Lipinski definition) is 2. The number of alkyl halides is 3. The molecule has 0 bridgehead atoms. The van der Waals surface area contributed by atoms with Crippen molar-refractivity contribution < 1.29 is 18.0 Å². The van der Waals surface area contributed by atoms with Gasteiger partial charge < -0.3 is 15.5 Å². The van der Waals surface area contributed by atoms with Gasteiger partial charge in [0.1, 0.15) is 6.54 Å². The Morgan fingerprint density at radius 1 is 1.22 bits per heavy atom. The van der Waals surface area contributed by atoms with Gasteiger partial charge in [-0.3, -0.25) is 9.79 Å². The van der Waals surface area contributed by atoms with Gasteiger partial charge in [0.05, 0.1) is 6.54 Å². The van der Waals surface area contributed by atoms with E-state index in [2.05, 4.69) is 15.6 Å². The molecular weight excluding hydrogens is 309 g/mol. The van der Waals surface area contributed by atoms with Gasteiger partial charge in [-0.05, 0) is 12.5 Å². The number of carbonyl (C=O) groups excluding carboxylic acids is 1. The number of benzene rings is 1. The Morgan fingerprint density at radius 3 is 2.35 bits per heavy atom. The number of aryl methyl sites for hydroxylation is 1. The highest BCUT2D eigenvalue weighted by Gasteiger charge is 2.31. The van der Waals surface area contributed by atoms with E-state index in [9.17, 15) is 18.0 Å². The zero-order chi connectivity index (χ0) is 17.5. The average Bonchev–Trinajstić information content (AvgIpc) is 2.47. The van der Waals surface area contributed by atoms with Crippen molar-refractivity contribution in [2.75, 3.05) is 27.2 Å². The predicted octanol–water partition coefficient (Wildman–Crippen LogP) is 1.68. The molecule has 128 valence electrons. The lowest BCUT2D eigenvalue weighted by Crippen LogP contribution is -2.45. The van der Waals surface area contributed by atoms with E-state index in [0.717, 1.165) is 18.2 Å². The van der Waals surface area contributed by atoms with Crippen LogP contribution in [0.2, 0.25) is 0 Å². The van der Waals surface area contributed by atoms with Gasteiger partial charge in [0, 0.05) is 20.6 Å². The third-order valence-corrected chi connectivity index (χ3v) is 3.05. The van der Waals surface area contributed by atoms with Gasteiger partial charge in [0.25, 0.3) is 0 Å². The number of halogens is 3. The molecule has 1 aromatic carbocycles. The standard InChI is InChI=1S/C15H21F3N4O/c1-11-4-6-12(7-5-11)8-20-14(19-2)21-9-13(23)22(3)10-15(16,17)18/h4-7H,8-10H2,1-3H3,(H2,19,20,21). The van der Waals surface area contributed by atoms with Crippen LogP contribution in [0.15, 0.2) is 29.3 Å². The van der Waals surface area contributed by atoms with E-state index in [1.54, 1.807) is 0 Å². The lowest BCUT2D eigenvalue weighted by Gasteiger charge is -2.20. The molecule has 0 saturated carbocycles. The second kappa shape index (κ2) is 8.40. The zero-order valence-electron chi connectivity index (χ0n) is 13.4. The summed E-state index contributed by atoms with van der Waals surface area (Å²) in [6, 6.07) is 7.86. The number of carbonyl (C=O) groups is 1. The SMILES string of the molecule is CN=C(NCC(=O)N(C)CC(F)(F)F)NCc1ccc(C)cc1. The van der Waals surface area contributed by atoms with Crippen LogP contribution in [0.4, 0.5) is 13.2 Å². The summed E-state index contributed by atoms with van der Waals surface area (Å²) in [5, 5.41) is 5.69. The van der Waals surface area contributed by atoms with Gasteiger partial charge >= 0.3 is 6.18 Å². The Morgan fingerprint density at radius 2 is 1.83 bits per heavy atom. The largest absolute Gasteiger partial charge is 0.406 e. The molecule has 0 fully saturated rings. The van der Waals surface area contributed by atoms with E-state index in [0.29, 0.717) is 17.4 Å². The first kappa shape index (κ1) is 18.8. The van der Waals surface area contributed by atoms with Crippen LogP contribution in [0.5, 0.6) is 0 Å². The number of hydrogen-bond donors (Lipinski definition) is 2. The minimum Gasteiger partial charge on any atom is -0.352 e. The lowest BCUT2D eigenvalue weighted by atomic mass is 10.1. The van der Waals surface area contributed by atoms with E-state index >= 15 is 0 Å². The van der Waals surface area contributed by atoms with E-state index in [-0.39, 0.29) is 6.54 Å². The van der Waals surface area contributed by atoms with Crippen LogP contribution < -0.4 is 10.6 Å². The zero-order valence-corrected chi connectivity index (χ0v) is 13.4. The summed E-state index contributed by atoms with van der Waals surface area (Å²) < 4.78 is 36.7. The molecule has 0 atom stereocenters. The fourth-order valence-corrected chi connectivity index (χ4v) is 1.76. The van der Waals surface area contributed by atoms with Gasteiger partial charge in [-0.25, -0.2) is 0 Å². The third-order valence-electron chi connectivity index (χ3n) is 3.05. The molecule has 8 heteroatoms. The monoisotopic (exact) mass is 330 g/mol. The van der Waals surface area contributed by atoms with Crippen molar-refractivity contribution in [2.24, 2.45) is 4.99 Å². The number of guanidine groups is 1. The molecule has 2 N–H and O–H groups in total. The first-order valence-corrected chi connectivity index (χ1v) is 7.02. The highest BCUT2D eigenvalue weighted by Crippen LogP contribution is 2.15. The topological polar surface area (TPSA) is 56.7 Å². The molecule has 23 heavy (non-hydrogen) atoms. The van der Waals surface area contributed by atoms with Crippen LogP contribution in [0.25, 0.3) is 0 Å². The minimum absolute atomic E-state index is 0.264. The van der Waals surface area contributed by atoms with Crippen LogP contribution in [0.1, 0.15) is 11.1 Å². The lowest BCUT2D eigenvalue weighted by molar-refractivity contribution is -0.157. The Balaban J connectivity index is 2.42. The molecule has 0 heterocycles. The summed E-state index contributed by atoms with van der Waals surface area (Å²) in [4.78, 5) is 16.2. The second-order valence-corrected chi connectivity index (χ2v) is 5.13. The molecule has 0 aliphatic heterocycles. The summed E-state index contributed by atoms with van der Waals surface area (Å²) in [5.74, 6) is -0.319. The van der Waals surface area contributed by atoms with Crippen molar-refractivity contribution in [3.8, 4) is 0 Å². The fraction of sp³-hybridized carbons (Fsp3) is 0.467. The van der Waals surface area contributed by atoms with Crippen molar-refractivity contribution in [3.05, 3.63) is 35.4 Å². The molecule has 0 aliphatic rings. The molecular formula is C15H21F3N4O. The summed E-state index contributed by atoms with van der Waals surface area (Å²) >= 11 is 0. The number of rotatable bonds is 5. The maximum absolute atomic E-state index is 12.2. The second-order valence-electron chi connectivity index (χ2n) is 5.13. The van der Waals surface area contributed by atoms with Crippen molar-refractivity contribution in [1.29, 1.82) is 0 Å². The number of nitrogens with zero attached hydrogens (tertiary/aromatic N) is 2. The van der Waals surface area contributed by atoms with Crippen LogP contribution in [0, 0.1) is 6.92 Å². The number of likely N-dealkylation sites (N-methyl/N-ethyl adjacent to an activating group) is 1. The van der Waals surface area contributed by atoms with Crippen LogP contribution in [-0.4, -0.2) is 50.1 Å². The first-order chi connectivity index (χ1) is 10.7.